The second-order valence-electron chi connectivity index (χ2n) is 4.78. The third-order valence-corrected chi connectivity index (χ3v) is 3.32. The van der Waals surface area contributed by atoms with Gasteiger partial charge in [0.25, 0.3) is 0 Å². The van der Waals surface area contributed by atoms with Gasteiger partial charge in [-0.3, -0.25) is 0 Å². The van der Waals surface area contributed by atoms with Crippen molar-refractivity contribution < 1.29 is 9.13 Å². The van der Waals surface area contributed by atoms with Crippen LogP contribution in [0.4, 0.5) is 4.39 Å². The molecule has 20 heavy (non-hydrogen) atoms. The Labute approximate surface area is 119 Å². The molecule has 2 aromatic carbocycles. The van der Waals surface area contributed by atoms with Gasteiger partial charge in [0, 0.05) is 12.1 Å². The van der Waals surface area contributed by atoms with E-state index in [1.165, 1.54) is 6.07 Å². The molecule has 0 unspecified atom stereocenters. The van der Waals surface area contributed by atoms with E-state index in [4.69, 9.17) is 4.74 Å². The van der Waals surface area contributed by atoms with Gasteiger partial charge >= 0.3 is 0 Å². The first-order chi connectivity index (χ1) is 9.65. The van der Waals surface area contributed by atoms with Gasteiger partial charge in [0.1, 0.15) is 11.6 Å². The largest absolute Gasteiger partial charge is 0.496 e. The Hall–Kier alpha value is -1.87. The van der Waals surface area contributed by atoms with Gasteiger partial charge in [-0.2, -0.15) is 0 Å². The first kappa shape index (κ1) is 14.5. The number of halogens is 1. The molecule has 1 N–H and O–H groups in total. The Morgan fingerprint density at radius 2 is 1.95 bits per heavy atom. The van der Waals surface area contributed by atoms with Crippen molar-refractivity contribution in [2.24, 2.45) is 0 Å². The van der Waals surface area contributed by atoms with Crippen LogP contribution in [0.1, 0.15) is 18.1 Å². The summed E-state index contributed by atoms with van der Waals surface area (Å²) in [4.78, 5) is 0. The van der Waals surface area contributed by atoms with Crippen LogP contribution in [0.3, 0.4) is 0 Å². The highest BCUT2D eigenvalue weighted by Crippen LogP contribution is 2.28. The average Bonchev–Trinajstić information content (AvgIpc) is 2.46. The maximum absolute atomic E-state index is 14.0. The molecule has 0 radical (unpaired) electrons. The fourth-order valence-corrected chi connectivity index (χ4v) is 2.22. The fraction of sp³-hybridized carbons (Fsp3) is 0.294. The summed E-state index contributed by atoms with van der Waals surface area (Å²) in [5.74, 6) is 0.618. The lowest BCUT2D eigenvalue weighted by molar-refractivity contribution is 0.412. The standard InChI is InChI=1S/C17H20FNO/c1-4-19-11-13-5-7-16(18)15(10-13)14-6-8-17(20-3)12(2)9-14/h5-10,19H,4,11H2,1-3H3. The molecular formula is C17H20FNO. The maximum atomic E-state index is 14.0. The zero-order valence-electron chi connectivity index (χ0n) is 12.2. The van der Waals surface area contributed by atoms with E-state index in [0.29, 0.717) is 5.56 Å². The van der Waals surface area contributed by atoms with E-state index < -0.39 is 0 Å². The lowest BCUT2D eigenvalue weighted by atomic mass is 10.00. The van der Waals surface area contributed by atoms with Crippen LogP contribution in [0.5, 0.6) is 5.75 Å². The molecule has 0 amide bonds. The Kier molecular flexibility index (Phi) is 4.74. The number of nitrogens with one attached hydrogen (secondary N) is 1. The molecule has 0 fully saturated rings. The number of hydrogen-bond donors (Lipinski definition) is 1. The Morgan fingerprint density at radius 3 is 2.60 bits per heavy atom. The Bertz CT molecular complexity index is 596. The third kappa shape index (κ3) is 3.17. The molecule has 0 saturated carbocycles. The fourth-order valence-electron chi connectivity index (χ4n) is 2.22. The molecule has 0 saturated heterocycles. The normalized spacial score (nSPS) is 10.6. The minimum atomic E-state index is -0.199. The SMILES string of the molecule is CCNCc1ccc(F)c(-c2ccc(OC)c(C)c2)c1. The average molecular weight is 273 g/mol. The second kappa shape index (κ2) is 6.53. The van der Waals surface area contributed by atoms with Gasteiger partial charge in [-0.15, -0.1) is 0 Å². The van der Waals surface area contributed by atoms with Crippen LogP contribution < -0.4 is 10.1 Å². The minimum absolute atomic E-state index is 0.199. The molecule has 0 bridgehead atoms. The lowest BCUT2D eigenvalue weighted by Gasteiger charge is -2.10. The summed E-state index contributed by atoms with van der Waals surface area (Å²) in [7, 11) is 1.64. The molecule has 0 heterocycles. The number of hydrogen-bond acceptors (Lipinski definition) is 2. The van der Waals surface area contributed by atoms with Crippen molar-refractivity contribution in [3.8, 4) is 16.9 Å². The van der Waals surface area contributed by atoms with Gasteiger partial charge in [0.15, 0.2) is 0 Å². The van der Waals surface area contributed by atoms with Crippen LogP contribution in [0.15, 0.2) is 36.4 Å². The Morgan fingerprint density at radius 1 is 1.15 bits per heavy atom. The molecule has 0 atom stereocenters. The van der Waals surface area contributed by atoms with Crippen LogP contribution in [0, 0.1) is 12.7 Å². The molecule has 0 aliphatic rings. The van der Waals surface area contributed by atoms with Crippen molar-refractivity contribution in [2.45, 2.75) is 20.4 Å². The summed E-state index contributed by atoms with van der Waals surface area (Å²) in [6.45, 7) is 5.66. The molecule has 0 aromatic heterocycles. The van der Waals surface area contributed by atoms with E-state index >= 15 is 0 Å². The summed E-state index contributed by atoms with van der Waals surface area (Å²) in [5.41, 5.74) is 3.59. The van der Waals surface area contributed by atoms with Crippen LogP contribution in [0.25, 0.3) is 11.1 Å². The van der Waals surface area contributed by atoms with E-state index in [1.807, 2.05) is 37.3 Å². The number of aryl methyl sites for hydroxylation is 1. The van der Waals surface area contributed by atoms with E-state index in [0.717, 1.165) is 35.5 Å². The predicted octanol–water partition coefficient (Wildman–Crippen LogP) is 3.92. The smallest absolute Gasteiger partial charge is 0.131 e. The molecule has 0 spiro atoms. The molecule has 0 aliphatic heterocycles. The highest BCUT2D eigenvalue weighted by atomic mass is 19.1. The molecule has 3 heteroatoms. The summed E-state index contributed by atoms with van der Waals surface area (Å²) >= 11 is 0. The van der Waals surface area contributed by atoms with Crippen LogP contribution >= 0.6 is 0 Å². The summed E-state index contributed by atoms with van der Waals surface area (Å²) in [6, 6.07) is 11.0. The monoisotopic (exact) mass is 273 g/mol. The van der Waals surface area contributed by atoms with Gasteiger partial charge < -0.3 is 10.1 Å². The molecule has 2 aromatic rings. The number of methoxy groups -OCH3 is 1. The first-order valence-electron chi connectivity index (χ1n) is 6.80. The number of ether oxygens (including phenoxy) is 1. The summed E-state index contributed by atoms with van der Waals surface area (Å²) in [6.07, 6.45) is 0. The van der Waals surface area contributed by atoms with E-state index in [1.54, 1.807) is 7.11 Å². The van der Waals surface area contributed by atoms with Crippen molar-refractivity contribution >= 4 is 0 Å². The molecule has 2 rings (SSSR count). The van der Waals surface area contributed by atoms with Crippen molar-refractivity contribution in [3.63, 3.8) is 0 Å². The number of rotatable bonds is 5. The number of benzene rings is 2. The van der Waals surface area contributed by atoms with Gasteiger partial charge in [-0.1, -0.05) is 19.1 Å². The quantitative estimate of drug-likeness (QED) is 0.891. The van der Waals surface area contributed by atoms with Crippen molar-refractivity contribution in [2.75, 3.05) is 13.7 Å². The van der Waals surface area contributed by atoms with Gasteiger partial charge in [-0.25, -0.2) is 4.39 Å². The predicted molar refractivity (Wildman–Crippen MR) is 80.5 cm³/mol. The van der Waals surface area contributed by atoms with Crippen molar-refractivity contribution in [1.29, 1.82) is 0 Å². The van der Waals surface area contributed by atoms with Crippen molar-refractivity contribution in [1.82, 2.24) is 5.32 Å². The highest BCUT2D eigenvalue weighted by Gasteiger charge is 2.08. The van der Waals surface area contributed by atoms with E-state index in [2.05, 4.69) is 12.2 Å². The lowest BCUT2D eigenvalue weighted by Crippen LogP contribution is -2.11. The van der Waals surface area contributed by atoms with Crippen LogP contribution in [-0.2, 0) is 6.54 Å². The molecule has 2 nitrogen and oxygen atoms in total. The second-order valence-corrected chi connectivity index (χ2v) is 4.78. The first-order valence-corrected chi connectivity index (χ1v) is 6.80. The van der Waals surface area contributed by atoms with Crippen LogP contribution in [-0.4, -0.2) is 13.7 Å². The summed E-state index contributed by atoms with van der Waals surface area (Å²) in [5, 5.41) is 3.25. The van der Waals surface area contributed by atoms with Gasteiger partial charge in [0.2, 0.25) is 0 Å². The zero-order chi connectivity index (χ0) is 14.5. The Balaban J connectivity index is 2.38. The van der Waals surface area contributed by atoms with Crippen molar-refractivity contribution in [3.05, 3.63) is 53.3 Å². The molecule has 106 valence electrons. The topological polar surface area (TPSA) is 21.3 Å². The summed E-state index contributed by atoms with van der Waals surface area (Å²) < 4.78 is 19.3. The van der Waals surface area contributed by atoms with Crippen LogP contribution in [0.2, 0.25) is 0 Å². The van der Waals surface area contributed by atoms with Gasteiger partial charge in [-0.05, 0) is 54.4 Å². The molecular weight excluding hydrogens is 253 g/mol. The van der Waals surface area contributed by atoms with Gasteiger partial charge in [0.05, 0.1) is 7.11 Å². The maximum Gasteiger partial charge on any atom is 0.131 e. The minimum Gasteiger partial charge on any atom is -0.496 e. The third-order valence-electron chi connectivity index (χ3n) is 3.32. The molecule has 0 aliphatic carbocycles. The van der Waals surface area contributed by atoms with E-state index in [-0.39, 0.29) is 5.82 Å². The highest BCUT2D eigenvalue weighted by molar-refractivity contribution is 5.67. The zero-order valence-corrected chi connectivity index (χ0v) is 12.2. The van der Waals surface area contributed by atoms with E-state index in [9.17, 15) is 4.39 Å².